The second kappa shape index (κ2) is 9.82. The number of methoxy groups -OCH3 is 1. The molecule has 0 aromatic rings. The van der Waals surface area contributed by atoms with Crippen LogP contribution in [0.15, 0.2) is 34.9 Å². The molecule has 0 fully saturated rings. The second-order valence-corrected chi connectivity index (χ2v) is 7.90. The number of carbonyl (C=O) groups is 3. The van der Waals surface area contributed by atoms with E-state index in [1.807, 2.05) is 13.8 Å². The number of rotatable bonds is 8. The predicted molar refractivity (Wildman–Crippen MR) is 106 cm³/mol. The first-order valence-corrected chi connectivity index (χ1v) is 9.49. The molecule has 0 aromatic heterocycles. The van der Waals surface area contributed by atoms with Gasteiger partial charge in [-0.1, -0.05) is 19.9 Å². The molecule has 1 atom stereocenters. The maximum Gasteiger partial charge on any atom is 0.330 e. The van der Waals surface area contributed by atoms with Crippen molar-refractivity contribution in [3.05, 3.63) is 34.9 Å². The van der Waals surface area contributed by atoms with Crippen molar-refractivity contribution in [2.75, 3.05) is 13.7 Å². The summed E-state index contributed by atoms with van der Waals surface area (Å²) in [5, 5.41) is 11.5. The van der Waals surface area contributed by atoms with Crippen LogP contribution in [0, 0.1) is 5.41 Å². The summed E-state index contributed by atoms with van der Waals surface area (Å²) >= 11 is 0. The molecule has 1 N–H and O–H groups in total. The predicted octanol–water partition coefficient (Wildman–Crippen LogP) is 3.44. The number of hydrogen-bond donors (Lipinski definition) is 1. The summed E-state index contributed by atoms with van der Waals surface area (Å²) in [6.07, 6.45) is 6.77. The molecule has 6 heteroatoms. The van der Waals surface area contributed by atoms with Crippen LogP contribution < -0.4 is 0 Å². The standard InChI is InChI=1S/C22H32O6/c1-15(13-20(25)27-6)10-11-22(26)16(2)18(19(24)14-21(22,4)5)9-7-8-12-28-17(3)23/h10-11,13,26H,7-9,12,14H2,1-6H3/b11-10+,15-13-/t22-/m1/s1. The van der Waals surface area contributed by atoms with Gasteiger partial charge < -0.3 is 14.6 Å². The highest BCUT2D eigenvalue weighted by molar-refractivity contribution is 5.98. The molecule has 0 aliphatic heterocycles. The lowest BCUT2D eigenvalue weighted by molar-refractivity contribution is -0.141. The van der Waals surface area contributed by atoms with Crippen molar-refractivity contribution >= 4 is 17.7 Å². The molecule has 1 aliphatic rings. The molecule has 0 aromatic carbocycles. The van der Waals surface area contributed by atoms with Crippen LogP contribution in [0.3, 0.4) is 0 Å². The van der Waals surface area contributed by atoms with Gasteiger partial charge in [0.15, 0.2) is 5.78 Å². The van der Waals surface area contributed by atoms with E-state index in [0.29, 0.717) is 42.6 Å². The Morgan fingerprint density at radius 3 is 2.43 bits per heavy atom. The van der Waals surface area contributed by atoms with E-state index in [1.165, 1.54) is 20.1 Å². The van der Waals surface area contributed by atoms with Gasteiger partial charge in [-0.25, -0.2) is 4.79 Å². The van der Waals surface area contributed by atoms with E-state index in [4.69, 9.17) is 4.74 Å². The Hall–Kier alpha value is -2.21. The quantitative estimate of drug-likeness (QED) is 0.295. The fourth-order valence-electron chi connectivity index (χ4n) is 3.43. The Balaban J connectivity index is 3.07. The average Bonchev–Trinajstić information content (AvgIpc) is 2.60. The summed E-state index contributed by atoms with van der Waals surface area (Å²) in [5.74, 6) is -0.747. The van der Waals surface area contributed by atoms with Crippen LogP contribution in [0.4, 0.5) is 0 Å². The molecule has 156 valence electrons. The van der Waals surface area contributed by atoms with Gasteiger partial charge in [-0.2, -0.15) is 0 Å². The van der Waals surface area contributed by atoms with Crippen molar-refractivity contribution in [3.8, 4) is 0 Å². The highest BCUT2D eigenvalue weighted by atomic mass is 16.5. The van der Waals surface area contributed by atoms with Crippen LogP contribution in [-0.2, 0) is 23.9 Å². The van der Waals surface area contributed by atoms with E-state index >= 15 is 0 Å². The van der Waals surface area contributed by atoms with Gasteiger partial charge >= 0.3 is 11.9 Å². The fourth-order valence-corrected chi connectivity index (χ4v) is 3.43. The van der Waals surface area contributed by atoms with Crippen LogP contribution >= 0.6 is 0 Å². The van der Waals surface area contributed by atoms with Gasteiger partial charge in [-0.3, -0.25) is 9.59 Å². The lowest BCUT2D eigenvalue weighted by Gasteiger charge is -2.46. The molecule has 6 nitrogen and oxygen atoms in total. The number of allylic oxidation sites excluding steroid dienone is 3. The second-order valence-electron chi connectivity index (χ2n) is 7.90. The van der Waals surface area contributed by atoms with Crippen LogP contribution in [0.5, 0.6) is 0 Å². The van der Waals surface area contributed by atoms with Crippen molar-refractivity contribution in [3.63, 3.8) is 0 Å². The molecule has 0 saturated heterocycles. The van der Waals surface area contributed by atoms with E-state index in [9.17, 15) is 19.5 Å². The monoisotopic (exact) mass is 392 g/mol. The Kier molecular flexibility index (Phi) is 8.36. The lowest BCUT2D eigenvalue weighted by atomic mass is 9.62. The molecule has 0 amide bonds. The number of ether oxygens (including phenoxy) is 2. The van der Waals surface area contributed by atoms with E-state index in [0.717, 1.165) is 0 Å². The van der Waals surface area contributed by atoms with Crippen LogP contribution in [0.1, 0.15) is 60.3 Å². The molecule has 0 radical (unpaired) electrons. The fraction of sp³-hybridized carbons (Fsp3) is 0.591. The van der Waals surface area contributed by atoms with Crippen molar-refractivity contribution in [2.24, 2.45) is 5.41 Å². The third kappa shape index (κ3) is 5.89. The lowest BCUT2D eigenvalue weighted by Crippen LogP contribution is -2.49. The zero-order valence-electron chi connectivity index (χ0n) is 17.8. The number of Topliss-reactive ketones (excluding diaryl/α,β-unsaturated/α-hetero) is 1. The first kappa shape index (κ1) is 23.8. The van der Waals surface area contributed by atoms with Gasteiger partial charge in [0.1, 0.15) is 5.60 Å². The molecule has 1 aliphatic carbocycles. The zero-order valence-corrected chi connectivity index (χ0v) is 17.8. The molecule has 0 unspecified atom stereocenters. The van der Waals surface area contributed by atoms with Gasteiger partial charge in [0.25, 0.3) is 0 Å². The summed E-state index contributed by atoms with van der Waals surface area (Å²) in [4.78, 5) is 34.8. The molecule has 0 spiro atoms. The molecular formula is C22H32O6. The minimum atomic E-state index is -1.31. The number of unbranched alkanes of at least 4 members (excludes halogenated alkanes) is 1. The number of carbonyl (C=O) groups excluding carboxylic acids is 3. The van der Waals surface area contributed by atoms with Crippen molar-refractivity contribution in [1.29, 1.82) is 0 Å². The normalized spacial score (nSPS) is 22.5. The SMILES string of the molecule is COC(=O)/C=C(C)\C=C\[C@@]1(O)C(C)=C(CCCCOC(C)=O)C(=O)CC1(C)C. The number of ketones is 1. The van der Waals surface area contributed by atoms with Gasteiger partial charge in [-0.05, 0) is 55.9 Å². The number of esters is 2. The third-order valence-electron chi connectivity index (χ3n) is 5.26. The maximum absolute atomic E-state index is 12.7. The molecule has 0 saturated carbocycles. The van der Waals surface area contributed by atoms with E-state index in [-0.39, 0.29) is 18.2 Å². The van der Waals surface area contributed by atoms with Crippen LogP contribution in [-0.4, -0.2) is 42.1 Å². The Labute approximate surface area is 167 Å². The smallest absolute Gasteiger partial charge is 0.330 e. The van der Waals surface area contributed by atoms with Gasteiger partial charge in [0.2, 0.25) is 0 Å². The van der Waals surface area contributed by atoms with Gasteiger partial charge in [0.05, 0.1) is 13.7 Å². The van der Waals surface area contributed by atoms with Crippen molar-refractivity contribution in [2.45, 2.75) is 65.9 Å². The summed E-state index contributed by atoms with van der Waals surface area (Å²) in [6.45, 7) is 8.92. The third-order valence-corrected chi connectivity index (χ3v) is 5.26. The topological polar surface area (TPSA) is 89.9 Å². The van der Waals surface area contributed by atoms with E-state index < -0.39 is 17.0 Å². The number of hydrogen-bond acceptors (Lipinski definition) is 6. The Morgan fingerprint density at radius 2 is 1.86 bits per heavy atom. The molecular weight excluding hydrogens is 360 g/mol. The highest BCUT2D eigenvalue weighted by Crippen LogP contribution is 2.47. The largest absolute Gasteiger partial charge is 0.466 e. The molecule has 28 heavy (non-hydrogen) atoms. The zero-order chi connectivity index (χ0) is 21.5. The molecule has 0 bridgehead atoms. The number of aliphatic hydroxyl groups is 1. The van der Waals surface area contributed by atoms with Gasteiger partial charge in [-0.15, -0.1) is 0 Å². The van der Waals surface area contributed by atoms with Crippen LogP contribution in [0.2, 0.25) is 0 Å². The minimum absolute atomic E-state index is 0.0369. The van der Waals surface area contributed by atoms with Gasteiger partial charge in [0, 0.05) is 24.8 Å². The summed E-state index contributed by atoms with van der Waals surface area (Å²) in [7, 11) is 1.31. The average molecular weight is 392 g/mol. The summed E-state index contributed by atoms with van der Waals surface area (Å²) in [6, 6.07) is 0. The maximum atomic E-state index is 12.7. The molecule has 0 heterocycles. The van der Waals surface area contributed by atoms with Crippen molar-refractivity contribution in [1.82, 2.24) is 0 Å². The van der Waals surface area contributed by atoms with E-state index in [1.54, 1.807) is 26.0 Å². The first-order chi connectivity index (χ1) is 12.9. The van der Waals surface area contributed by atoms with Crippen molar-refractivity contribution < 1.29 is 29.0 Å². The van der Waals surface area contributed by atoms with E-state index in [2.05, 4.69) is 4.74 Å². The molecule has 1 rings (SSSR count). The minimum Gasteiger partial charge on any atom is -0.466 e. The Morgan fingerprint density at radius 1 is 1.21 bits per heavy atom. The van der Waals surface area contributed by atoms with Crippen LogP contribution in [0.25, 0.3) is 0 Å². The summed E-state index contributed by atoms with van der Waals surface area (Å²) < 4.78 is 9.53. The first-order valence-electron chi connectivity index (χ1n) is 9.49. The Bertz CT molecular complexity index is 711. The highest BCUT2D eigenvalue weighted by Gasteiger charge is 2.49. The summed E-state index contributed by atoms with van der Waals surface area (Å²) in [5.41, 5.74) is -0.0922.